The van der Waals surface area contributed by atoms with Crippen molar-refractivity contribution in [2.24, 2.45) is 0 Å². The highest BCUT2D eigenvalue weighted by molar-refractivity contribution is 5.73. The zero-order valence-electron chi connectivity index (χ0n) is 17.8. The fourth-order valence-electron chi connectivity index (χ4n) is 4.15. The Morgan fingerprint density at radius 2 is 1.79 bits per heavy atom. The van der Waals surface area contributed by atoms with Crippen LogP contribution in [0.4, 0.5) is 0 Å². The van der Waals surface area contributed by atoms with Crippen molar-refractivity contribution in [3.8, 4) is 5.75 Å². The topological polar surface area (TPSA) is 65.5 Å². The molecule has 7 nitrogen and oxygen atoms in total. The van der Waals surface area contributed by atoms with Gasteiger partial charge in [0.15, 0.2) is 0 Å². The number of carbonyl (C=O) groups excluding carboxylic acids is 1. The molecule has 3 rings (SSSR count). The highest BCUT2D eigenvalue weighted by atomic mass is 16.5. The lowest BCUT2D eigenvalue weighted by molar-refractivity contribution is -0.130. The van der Waals surface area contributed by atoms with Crippen LogP contribution in [-0.4, -0.2) is 96.9 Å². The number of ether oxygens (including phenoxy) is 2. The van der Waals surface area contributed by atoms with E-state index in [9.17, 15) is 9.90 Å². The smallest absolute Gasteiger partial charge is 0.219 e. The normalized spacial score (nSPS) is 23.5. The van der Waals surface area contributed by atoms with Crippen LogP contribution >= 0.6 is 0 Å². The van der Waals surface area contributed by atoms with Crippen molar-refractivity contribution >= 4 is 5.91 Å². The summed E-state index contributed by atoms with van der Waals surface area (Å²) in [6, 6.07) is 8.18. The number of carbonyl (C=O) groups is 1. The zero-order chi connectivity index (χ0) is 20.7. The number of β-amino-alcohol motifs (C(OH)–C–C–N with tert-alkyl or cyclic N) is 1. The summed E-state index contributed by atoms with van der Waals surface area (Å²) in [6.45, 7) is 11.8. The fourth-order valence-corrected chi connectivity index (χ4v) is 4.15. The van der Waals surface area contributed by atoms with E-state index in [1.807, 2.05) is 24.0 Å². The molecule has 7 heteroatoms. The standard InChI is InChI=1S/C22H35N3O4/c1-3-28-14-15-29-21-6-4-20(5-7-21)16-24-9-8-22(27,18-24)17-23-10-12-25(13-11-23)19(2)26/h4-7,27H,3,8-18H2,1-2H3. The van der Waals surface area contributed by atoms with Gasteiger partial charge in [-0.3, -0.25) is 14.6 Å². The van der Waals surface area contributed by atoms with Gasteiger partial charge in [-0.25, -0.2) is 0 Å². The summed E-state index contributed by atoms with van der Waals surface area (Å²) >= 11 is 0. The van der Waals surface area contributed by atoms with Crippen LogP contribution in [0.25, 0.3) is 0 Å². The van der Waals surface area contributed by atoms with Crippen LogP contribution in [0.15, 0.2) is 24.3 Å². The lowest BCUT2D eigenvalue weighted by Gasteiger charge is -2.38. The summed E-state index contributed by atoms with van der Waals surface area (Å²) < 4.78 is 10.9. The molecule has 0 aliphatic carbocycles. The van der Waals surface area contributed by atoms with Crippen molar-refractivity contribution in [1.82, 2.24) is 14.7 Å². The molecule has 2 aliphatic rings. The first-order valence-electron chi connectivity index (χ1n) is 10.7. The van der Waals surface area contributed by atoms with Crippen LogP contribution in [-0.2, 0) is 16.1 Å². The van der Waals surface area contributed by atoms with E-state index in [1.54, 1.807) is 6.92 Å². The summed E-state index contributed by atoms with van der Waals surface area (Å²) in [5.41, 5.74) is 0.558. The van der Waals surface area contributed by atoms with Crippen molar-refractivity contribution < 1.29 is 19.4 Å². The summed E-state index contributed by atoms with van der Waals surface area (Å²) in [4.78, 5) is 18.0. The Labute approximate surface area is 174 Å². The van der Waals surface area contributed by atoms with Crippen LogP contribution in [0, 0.1) is 0 Å². The molecule has 2 saturated heterocycles. The van der Waals surface area contributed by atoms with Crippen molar-refractivity contribution in [1.29, 1.82) is 0 Å². The largest absolute Gasteiger partial charge is 0.491 e. The first-order chi connectivity index (χ1) is 14.0. The molecule has 0 radical (unpaired) electrons. The molecule has 29 heavy (non-hydrogen) atoms. The van der Waals surface area contributed by atoms with E-state index in [0.717, 1.165) is 51.4 Å². The van der Waals surface area contributed by atoms with Crippen molar-refractivity contribution in [3.63, 3.8) is 0 Å². The minimum atomic E-state index is -0.666. The molecular weight excluding hydrogens is 370 g/mol. The van der Waals surface area contributed by atoms with E-state index in [4.69, 9.17) is 9.47 Å². The lowest BCUT2D eigenvalue weighted by atomic mass is 10.0. The van der Waals surface area contributed by atoms with Gasteiger partial charge in [0.1, 0.15) is 12.4 Å². The molecule has 1 N–H and O–H groups in total. The zero-order valence-corrected chi connectivity index (χ0v) is 17.8. The van der Waals surface area contributed by atoms with Gasteiger partial charge in [0.05, 0.1) is 12.2 Å². The molecule has 1 aromatic carbocycles. The van der Waals surface area contributed by atoms with E-state index < -0.39 is 5.60 Å². The lowest BCUT2D eigenvalue weighted by Crippen LogP contribution is -2.53. The minimum absolute atomic E-state index is 0.140. The number of nitrogens with zero attached hydrogens (tertiary/aromatic N) is 3. The van der Waals surface area contributed by atoms with Gasteiger partial charge in [-0.05, 0) is 31.0 Å². The third-order valence-electron chi connectivity index (χ3n) is 5.78. The maximum absolute atomic E-state index is 11.5. The van der Waals surface area contributed by atoms with Gasteiger partial charge < -0.3 is 19.5 Å². The molecule has 1 aromatic rings. The molecule has 2 aliphatic heterocycles. The molecular formula is C22H35N3O4. The van der Waals surface area contributed by atoms with Gasteiger partial charge in [-0.1, -0.05) is 12.1 Å². The minimum Gasteiger partial charge on any atom is -0.491 e. The molecule has 162 valence electrons. The van der Waals surface area contributed by atoms with Crippen molar-refractivity contribution in [3.05, 3.63) is 29.8 Å². The number of piperazine rings is 1. The number of aliphatic hydroxyl groups is 1. The Bertz CT molecular complexity index is 646. The number of hydrogen-bond donors (Lipinski definition) is 1. The van der Waals surface area contributed by atoms with E-state index >= 15 is 0 Å². The molecule has 1 amide bonds. The predicted octanol–water partition coefficient (Wildman–Crippen LogP) is 1.20. The molecule has 1 unspecified atom stereocenters. The fraction of sp³-hybridized carbons (Fsp3) is 0.682. The molecule has 2 heterocycles. The SMILES string of the molecule is CCOCCOc1ccc(CN2CCC(O)(CN3CCN(C(C)=O)CC3)C2)cc1. The predicted molar refractivity (Wildman–Crippen MR) is 112 cm³/mol. The third-order valence-corrected chi connectivity index (χ3v) is 5.78. The molecule has 0 spiro atoms. The number of rotatable bonds is 9. The van der Waals surface area contributed by atoms with Crippen LogP contribution in [0.2, 0.25) is 0 Å². The van der Waals surface area contributed by atoms with E-state index in [0.29, 0.717) is 32.9 Å². The second-order valence-corrected chi connectivity index (χ2v) is 8.16. The Hall–Kier alpha value is -1.67. The second-order valence-electron chi connectivity index (χ2n) is 8.16. The highest BCUT2D eigenvalue weighted by Crippen LogP contribution is 2.25. The van der Waals surface area contributed by atoms with Crippen LogP contribution in [0.1, 0.15) is 25.8 Å². The number of likely N-dealkylation sites (tertiary alicyclic amines) is 1. The van der Waals surface area contributed by atoms with Gasteiger partial charge in [0.25, 0.3) is 0 Å². The van der Waals surface area contributed by atoms with Crippen LogP contribution < -0.4 is 4.74 Å². The molecule has 2 fully saturated rings. The van der Waals surface area contributed by atoms with Crippen molar-refractivity contribution in [2.75, 3.05) is 65.6 Å². The van der Waals surface area contributed by atoms with Crippen LogP contribution in [0.5, 0.6) is 5.75 Å². The number of hydrogen-bond acceptors (Lipinski definition) is 6. The Morgan fingerprint density at radius 3 is 2.45 bits per heavy atom. The molecule has 0 saturated carbocycles. The summed E-state index contributed by atoms with van der Waals surface area (Å²) in [5.74, 6) is 0.997. The molecule has 1 atom stereocenters. The second kappa shape index (κ2) is 10.4. The monoisotopic (exact) mass is 405 g/mol. The third kappa shape index (κ3) is 6.67. The average molecular weight is 406 g/mol. The average Bonchev–Trinajstić information content (AvgIpc) is 3.07. The number of benzene rings is 1. The number of amides is 1. The Balaban J connectivity index is 1.41. The quantitative estimate of drug-likeness (QED) is 0.623. The maximum Gasteiger partial charge on any atom is 0.219 e. The highest BCUT2D eigenvalue weighted by Gasteiger charge is 2.38. The molecule has 0 bridgehead atoms. The first kappa shape index (κ1) is 22.0. The van der Waals surface area contributed by atoms with E-state index in [1.165, 1.54) is 5.56 Å². The summed E-state index contributed by atoms with van der Waals surface area (Å²) in [5, 5.41) is 11.1. The van der Waals surface area contributed by atoms with E-state index in [-0.39, 0.29) is 5.91 Å². The van der Waals surface area contributed by atoms with Gasteiger partial charge >= 0.3 is 0 Å². The first-order valence-corrected chi connectivity index (χ1v) is 10.7. The summed E-state index contributed by atoms with van der Waals surface area (Å²) in [7, 11) is 0. The Morgan fingerprint density at radius 1 is 1.07 bits per heavy atom. The summed E-state index contributed by atoms with van der Waals surface area (Å²) in [6.07, 6.45) is 0.790. The van der Waals surface area contributed by atoms with Gasteiger partial charge in [0.2, 0.25) is 5.91 Å². The van der Waals surface area contributed by atoms with E-state index in [2.05, 4.69) is 21.9 Å². The van der Waals surface area contributed by atoms with Gasteiger partial charge in [0, 0.05) is 65.9 Å². The molecule has 0 aromatic heterocycles. The van der Waals surface area contributed by atoms with Crippen molar-refractivity contribution in [2.45, 2.75) is 32.4 Å². The Kier molecular flexibility index (Phi) is 7.89. The van der Waals surface area contributed by atoms with Gasteiger partial charge in [-0.2, -0.15) is 0 Å². The maximum atomic E-state index is 11.5. The van der Waals surface area contributed by atoms with Crippen LogP contribution in [0.3, 0.4) is 0 Å². The van der Waals surface area contributed by atoms with Gasteiger partial charge in [-0.15, -0.1) is 0 Å².